The Balaban J connectivity index is 2.04. The molecule has 12 heavy (non-hydrogen) atoms. The van der Waals surface area contributed by atoms with Gasteiger partial charge in [0.25, 0.3) is 0 Å². The lowest BCUT2D eigenvalue weighted by Gasteiger charge is -2.25. The van der Waals surface area contributed by atoms with Crippen molar-refractivity contribution in [3.8, 4) is 0 Å². The zero-order chi connectivity index (χ0) is 8.65. The van der Waals surface area contributed by atoms with Crippen LogP contribution in [0, 0.1) is 0 Å². The van der Waals surface area contributed by atoms with Crippen LogP contribution in [0.5, 0.6) is 0 Å². The van der Waals surface area contributed by atoms with E-state index in [1.165, 1.54) is 25.9 Å². The fourth-order valence-corrected chi connectivity index (χ4v) is 1.40. The number of nitrogens with zero attached hydrogens (tertiary/aromatic N) is 1. The third kappa shape index (κ3) is 3.88. The molecular weight excluding hydrogens is 148 g/mol. The molecule has 0 aromatic rings. The fraction of sp³-hybridized carbons (Fsp3) is 0.800. The van der Waals surface area contributed by atoms with E-state index in [1.807, 2.05) is 0 Å². The molecule has 0 saturated carbocycles. The lowest BCUT2D eigenvalue weighted by atomic mass is 10.3. The highest BCUT2D eigenvalue weighted by Gasteiger charge is 2.05. The third-order valence-corrected chi connectivity index (χ3v) is 2.20. The summed E-state index contributed by atoms with van der Waals surface area (Å²) in [6.45, 7) is 8.08. The Morgan fingerprint density at radius 3 is 2.67 bits per heavy atom. The Morgan fingerprint density at radius 2 is 2.00 bits per heavy atom. The van der Waals surface area contributed by atoms with Gasteiger partial charge >= 0.3 is 0 Å². The van der Waals surface area contributed by atoms with E-state index in [0.29, 0.717) is 0 Å². The number of unbranched alkanes of at least 4 members (excludes halogenated alkanes) is 1. The van der Waals surface area contributed by atoms with Crippen molar-refractivity contribution in [1.29, 1.82) is 0 Å². The van der Waals surface area contributed by atoms with Crippen LogP contribution >= 0.6 is 0 Å². The summed E-state index contributed by atoms with van der Waals surface area (Å²) in [6.07, 6.45) is 7.08. The second-order valence-corrected chi connectivity index (χ2v) is 3.31. The molecule has 1 N–H and O–H groups in total. The Labute approximate surface area is 75.6 Å². The number of nitrogens with one attached hydrogen (secondary N) is 1. The van der Waals surface area contributed by atoms with E-state index in [-0.39, 0.29) is 0 Å². The summed E-state index contributed by atoms with van der Waals surface area (Å²) in [7, 11) is 0. The zero-order valence-electron chi connectivity index (χ0n) is 8.05. The first-order valence-corrected chi connectivity index (χ1v) is 5.01. The lowest BCUT2D eigenvalue weighted by molar-refractivity contribution is 0.264. The molecular formula is C10H20N2. The molecule has 0 radical (unpaired) electrons. The van der Waals surface area contributed by atoms with Crippen LogP contribution in [0.15, 0.2) is 12.2 Å². The predicted molar refractivity (Wildman–Crippen MR) is 53.4 cm³/mol. The molecule has 2 heteroatoms. The summed E-state index contributed by atoms with van der Waals surface area (Å²) in [5, 5.41) is 3.35. The van der Waals surface area contributed by atoms with Gasteiger partial charge in [-0.3, -0.25) is 4.90 Å². The standard InChI is InChI=1S/C10H20N2/c1-2-3-4-5-8-12-9-6-11-7-10-12/h4-5,11H,2-3,6-10H2,1H3/b5-4+. The lowest BCUT2D eigenvalue weighted by Crippen LogP contribution is -2.43. The molecule has 0 bridgehead atoms. The van der Waals surface area contributed by atoms with Crippen molar-refractivity contribution in [3.05, 3.63) is 12.2 Å². The van der Waals surface area contributed by atoms with Gasteiger partial charge in [-0.05, 0) is 6.42 Å². The highest BCUT2D eigenvalue weighted by Crippen LogP contribution is 1.94. The van der Waals surface area contributed by atoms with Gasteiger partial charge in [0, 0.05) is 32.7 Å². The molecule has 0 spiro atoms. The minimum absolute atomic E-state index is 1.14. The van der Waals surface area contributed by atoms with Crippen LogP contribution in [0.4, 0.5) is 0 Å². The normalized spacial score (nSPS) is 20.4. The molecule has 0 aliphatic carbocycles. The first-order chi connectivity index (χ1) is 5.93. The summed E-state index contributed by atoms with van der Waals surface area (Å²) in [5.74, 6) is 0. The topological polar surface area (TPSA) is 15.3 Å². The van der Waals surface area contributed by atoms with Gasteiger partial charge in [0.05, 0.1) is 0 Å². The van der Waals surface area contributed by atoms with E-state index in [1.54, 1.807) is 0 Å². The summed E-state index contributed by atoms with van der Waals surface area (Å²) < 4.78 is 0. The molecule has 2 nitrogen and oxygen atoms in total. The molecule has 0 amide bonds. The van der Waals surface area contributed by atoms with Gasteiger partial charge in [-0.2, -0.15) is 0 Å². The van der Waals surface area contributed by atoms with E-state index in [0.717, 1.165) is 19.6 Å². The van der Waals surface area contributed by atoms with E-state index < -0.39 is 0 Å². The molecule has 1 heterocycles. The van der Waals surface area contributed by atoms with E-state index in [2.05, 4.69) is 29.3 Å². The fourth-order valence-electron chi connectivity index (χ4n) is 1.40. The van der Waals surface area contributed by atoms with Crippen LogP contribution in [0.3, 0.4) is 0 Å². The van der Waals surface area contributed by atoms with Crippen molar-refractivity contribution in [2.45, 2.75) is 19.8 Å². The smallest absolute Gasteiger partial charge is 0.0164 e. The third-order valence-electron chi connectivity index (χ3n) is 2.20. The second-order valence-electron chi connectivity index (χ2n) is 3.31. The monoisotopic (exact) mass is 168 g/mol. The first kappa shape index (κ1) is 9.75. The van der Waals surface area contributed by atoms with Crippen LogP contribution < -0.4 is 5.32 Å². The number of hydrogen-bond donors (Lipinski definition) is 1. The average molecular weight is 168 g/mol. The molecule has 0 aromatic heterocycles. The molecule has 0 unspecified atom stereocenters. The van der Waals surface area contributed by atoms with Crippen molar-refractivity contribution >= 4 is 0 Å². The van der Waals surface area contributed by atoms with Gasteiger partial charge in [-0.15, -0.1) is 0 Å². The Bertz CT molecular complexity index is 126. The Morgan fingerprint density at radius 1 is 1.25 bits per heavy atom. The maximum absolute atomic E-state index is 3.35. The first-order valence-electron chi connectivity index (χ1n) is 5.01. The van der Waals surface area contributed by atoms with Crippen molar-refractivity contribution < 1.29 is 0 Å². The Kier molecular flexibility index (Phi) is 5.04. The van der Waals surface area contributed by atoms with Crippen LogP contribution in [-0.4, -0.2) is 37.6 Å². The zero-order valence-corrected chi connectivity index (χ0v) is 8.05. The second kappa shape index (κ2) is 6.21. The van der Waals surface area contributed by atoms with Crippen molar-refractivity contribution in [2.24, 2.45) is 0 Å². The molecule has 0 aromatic carbocycles. The quantitative estimate of drug-likeness (QED) is 0.636. The van der Waals surface area contributed by atoms with Crippen LogP contribution in [0.1, 0.15) is 19.8 Å². The summed E-state index contributed by atoms with van der Waals surface area (Å²) in [4.78, 5) is 2.49. The molecule has 0 atom stereocenters. The van der Waals surface area contributed by atoms with Gasteiger partial charge < -0.3 is 5.32 Å². The molecule has 1 aliphatic heterocycles. The van der Waals surface area contributed by atoms with Crippen LogP contribution in [-0.2, 0) is 0 Å². The van der Waals surface area contributed by atoms with Gasteiger partial charge in [0.2, 0.25) is 0 Å². The SMILES string of the molecule is CCC/C=C/CN1CCNCC1. The summed E-state index contributed by atoms with van der Waals surface area (Å²) >= 11 is 0. The predicted octanol–water partition coefficient (Wildman–Crippen LogP) is 1.25. The van der Waals surface area contributed by atoms with Crippen molar-refractivity contribution in [2.75, 3.05) is 32.7 Å². The van der Waals surface area contributed by atoms with E-state index in [9.17, 15) is 0 Å². The average Bonchev–Trinajstić information content (AvgIpc) is 2.14. The van der Waals surface area contributed by atoms with E-state index in [4.69, 9.17) is 0 Å². The van der Waals surface area contributed by atoms with Crippen molar-refractivity contribution in [1.82, 2.24) is 10.2 Å². The molecule has 1 aliphatic rings. The maximum Gasteiger partial charge on any atom is 0.0164 e. The van der Waals surface area contributed by atoms with Gasteiger partial charge in [0.15, 0.2) is 0 Å². The highest BCUT2D eigenvalue weighted by atomic mass is 15.2. The molecule has 70 valence electrons. The number of allylic oxidation sites excluding steroid dienone is 1. The van der Waals surface area contributed by atoms with Gasteiger partial charge in [0.1, 0.15) is 0 Å². The minimum Gasteiger partial charge on any atom is -0.314 e. The molecule has 1 saturated heterocycles. The highest BCUT2D eigenvalue weighted by molar-refractivity contribution is 4.85. The molecule has 1 fully saturated rings. The van der Waals surface area contributed by atoms with Gasteiger partial charge in [-0.1, -0.05) is 25.5 Å². The summed E-state index contributed by atoms with van der Waals surface area (Å²) in [5.41, 5.74) is 0. The number of hydrogen-bond acceptors (Lipinski definition) is 2. The van der Waals surface area contributed by atoms with Crippen LogP contribution in [0.25, 0.3) is 0 Å². The van der Waals surface area contributed by atoms with Crippen LogP contribution in [0.2, 0.25) is 0 Å². The molecule has 1 rings (SSSR count). The summed E-state index contributed by atoms with van der Waals surface area (Å²) in [6, 6.07) is 0. The maximum atomic E-state index is 3.35. The Hall–Kier alpha value is -0.340. The largest absolute Gasteiger partial charge is 0.314 e. The number of rotatable bonds is 4. The van der Waals surface area contributed by atoms with Gasteiger partial charge in [-0.25, -0.2) is 0 Å². The van der Waals surface area contributed by atoms with E-state index >= 15 is 0 Å². The number of piperazine rings is 1. The minimum atomic E-state index is 1.14. The van der Waals surface area contributed by atoms with Crippen molar-refractivity contribution in [3.63, 3.8) is 0 Å².